The molecule has 0 aliphatic heterocycles. The molecule has 0 bridgehead atoms. The second kappa shape index (κ2) is 8.89. The third-order valence-electron chi connectivity index (χ3n) is 4.82. The first kappa shape index (κ1) is 21.7. The predicted molar refractivity (Wildman–Crippen MR) is 127 cm³/mol. The largest absolute Gasteiger partial charge is 0.416 e. The first-order valence-corrected chi connectivity index (χ1v) is 11.0. The molecule has 1 nitrogen and oxygen atoms in total. The van der Waals surface area contributed by atoms with Crippen molar-refractivity contribution in [1.29, 1.82) is 0 Å². The van der Waals surface area contributed by atoms with Gasteiger partial charge in [-0.3, -0.25) is 0 Å². The molecule has 0 aliphatic carbocycles. The number of nitrogens with zero attached hydrogens (tertiary/aromatic N) is 1. The lowest BCUT2D eigenvalue weighted by Crippen LogP contribution is -2.09. The Morgan fingerprint density at radius 2 is 1.00 bits per heavy atom. The molecule has 4 rings (SSSR count). The molecular formula is C25H16Br2F3N. The minimum Gasteiger partial charge on any atom is -0.311 e. The molecule has 0 fully saturated rings. The summed E-state index contributed by atoms with van der Waals surface area (Å²) < 4.78 is 41.2. The Morgan fingerprint density at radius 1 is 0.548 bits per heavy atom. The highest BCUT2D eigenvalue weighted by Gasteiger charge is 2.30. The summed E-state index contributed by atoms with van der Waals surface area (Å²) in [4.78, 5) is 2.09. The molecule has 0 amide bonds. The van der Waals surface area contributed by atoms with Gasteiger partial charge in [0.1, 0.15) is 0 Å². The summed E-state index contributed by atoms with van der Waals surface area (Å²) in [5, 5.41) is 0. The van der Waals surface area contributed by atoms with Crippen molar-refractivity contribution in [1.82, 2.24) is 0 Å². The summed E-state index contributed by atoms with van der Waals surface area (Å²) in [6.45, 7) is 0. The Balaban J connectivity index is 1.73. The number of halogens is 5. The maximum absolute atomic E-state index is 13.1. The van der Waals surface area contributed by atoms with Crippen molar-refractivity contribution in [2.75, 3.05) is 4.90 Å². The smallest absolute Gasteiger partial charge is 0.311 e. The van der Waals surface area contributed by atoms with Gasteiger partial charge in [0.25, 0.3) is 0 Å². The second-order valence-corrected chi connectivity index (χ2v) is 8.75. The van der Waals surface area contributed by atoms with Crippen LogP contribution in [0.1, 0.15) is 5.56 Å². The van der Waals surface area contributed by atoms with Gasteiger partial charge in [0.2, 0.25) is 0 Å². The number of rotatable bonds is 4. The van der Waals surface area contributed by atoms with E-state index in [1.807, 2.05) is 72.8 Å². The maximum Gasteiger partial charge on any atom is 0.416 e. The van der Waals surface area contributed by atoms with Crippen molar-refractivity contribution in [2.45, 2.75) is 6.18 Å². The molecule has 4 aromatic carbocycles. The molecule has 0 heterocycles. The van der Waals surface area contributed by atoms with E-state index in [1.54, 1.807) is 6.07 Å². The molecule has 0 spiro atoms. The molecule has 156 valence electrons. The lowest BCUT2D eigenvalue weighted by atomic mass is 10.0. The van der Waals surface area contributed by atoms with Crippen molar-refractivity contribution in [3.8, 4) is 11.1 Å². The Kier molecular flexibility index (Phi) is 6.21. The molecule has 0 saturated heterocycles. The number of hydrogen-bond donors (Lipinski definition) is 0. The van der Waals surface area contributed by atoms with Gasteiger partial charge in [-0.25, -0.2) is 0 Å². The van der Waals surface area contributed by atoms with Gasteiger partial charge in [-0.1, -0.05) is 56.1 Å². The highest BCUT2D eigenvalue weighted by Crippen LogP contribution is 2.37. The molecule has 4 aromatic rings. The lowest BCUT2D eigenvalue weighted by molar-refractivity contribution is -0.137. The fourth-order valence-corrected chi connectivity index (χ4v) is 3.83. The van der Waals surface area contributed by atoms with Gasteiger partial charge < -0.3 is 4.90 Å². The van der Waals surface area contributed by atoms with Crippen LogP contribution in [0.3, 0.4) is 0 Å². The SMILES string of the molecule is FC(F)(F)c1cccc(-c2ccc(N(c3ccc(Br)cc3)c3ccc(Br)cc3)cc2)c1. The van der Waals surface area contributed by atoms with E-state index in [4.69, 9.17) is 0 Å². The van der Waals surface area contributed by atoms with Gasteiger partial charge in [0, 0.05) is 26.0 Å². The molecule has 0 atom stereocenters. The van der Waals surface area contributed by atoms with E-state index in [0.29, 0.717) is 5.56 Å². The standard InChI is InChI=1S/C25H16Br2F3N/c26-20-6-12-23(13-7-20)31(24-14-8-21(27)9-15-24)22-10-4-17(5-11-22)18-2-1-3-19(16-18)25(28,29)30/h1-16H. The fraction of sp³-hybridized carbons (Fsp3) is 0.0400. The highest BCUT2D eigenvalue weighted by molar-refractivity contribution is 9.10. The fourth-order valence-electron chi connectivity index (χ4n) is 3.31. The third kappa shape index (κ3) is 5.02. The quantitative estimate of drug-likeness (QED) is 0.246. The van der Waals surface area contributed by atoms with Gasteiger partial charge in [0.05, 0.1) is 5.56 Å². The average molecular weight is 547 g/mol. The molecule has 0 aromatic heterocycles. The normalized spacial score (nSPS) is 11.4. The molecule has 6 heteroatoms. The van der Waals surface area contributed by atoms with Gasteiger partial charge in [-0.05, 0) is 83.9 Å². The maximum atomic E-state index is 13.1. The highest BCUT2D eigenvalue weighted by atomic mass is 79.9. The van der Waals surface area contributed by atoms with E-state index in [-0.39, 0.29) is 0 Å². The van der Waals surface area contributed by atoms with Crippen molar-refractivity contribution in [2.24, 2.45) is 0 Å². The summed E-state index contributed by atoms with van der Waals surface area (Å²) in [7, 11) is 0. The Morgan fingerprint density at radius 3 is 1.45 bits per heavy atom. The zero-order chi connectivity index (χ0) is 22.0. The predicted octanol–water partition coefficient (Wildman–Crippen LogP) is 9.37. The van der Waals surface area contributed by atoms with Gasteiger partial charge in [-0.2, -0.15) is 13.2 Å². The summed E-state index contributed by atoms with van der Waals surface area (Å²) in [6.07, 6.45) is -4.37. The van der Waals surface area contributed by atoms with Crippen LogP contribution in [0.4, 0.5) is 30.2 Å². The van der Waals surface area contributed by atoms with Crippen LogP contribution in [0.25, 0.3) is 11.1 Å². The molecule has 0 aliphatic rings. The summed E-state index contributed by atoms with van der Waals surface area (Å²) in [6, 6.07) is 28.8. The minimum absolute atomic E-state index is 0.528. The summed E-state index contributed by atoms with van der Waals surface area (Å²) in [5.41, 5.74) is 3.44. The molecular weight excluding hydrogens is 531 g/mol. The number of alkyl halides is 3. The van der Waals surface area contributed by atoms with Crippen molar-refractivity contribution < 1.29 is 13.2 Å². The van der Waals surface area contributed by atoms with Crippen LogP contribution in [0, 0.1) is 0 Å². The summed E-state index contributed by atoms with van der Waals surface area (Å²) in [5.74, 6) is 0. The van der Waals surface area contributed by atoms with Gasteiger partial charge in [-0.15, -0.1) is 0 Å². The summed E-state index contributed by atoms with van der Waals surface area (Å²) >= 11 is 6.93. The number of benzene rings is 4. The molecule has 0 radical (unpaired) electrons. The monoisotopic (exact) mass is 545 g/mol. The first-order valence-electron chi connectivity index (χ1n) is 9.40. The Bertz CT molecular complexity index is 1120. The number of anilines is 3. The van der Waals surface area contributed by atoms with Crippen LogP contribution in [0.5, 0.6) is 0 Å². The zero-order valence-electron chi connectivity index (χ0n) is 16.1. The molecule has 0 N–H and O–H groups in total. The van der Waals surface area contributed by atoms with Gasteiger partial charge >= 0.3 is 6.18 Å². The van der Waals surface area contributed by atoms with Crippen molar-refractivity contribution >= 4 is 48.9 Å². The molecule has 31 heavy (non-hydrogen) atoms. The van der Waals surface area contributed by atoms with Crippen LogP contribution in [-0.4, -0.2) is 0 Å². The van der Waals surface area contributed by atoms with Crippen LogP contribution < -0.4 is 4.90 Å². The third-order valence-corrected chi connectivity index (χ3v) is 5.88. The van der Waals surface area contributed by atoms with Crippen LogP contribution in [0.2, 0.25) is 0 Å². The van der Waals surface area contributed by atoms with E-state index in [2.05, 4.69) is 36.8 Å². The van der Waals surface area contributed by atoms with Gasteiger partial charge in [0.15, 0.2) is 0 Å². The van der Waals surface area contributed by atoms with E-state index in [9.17, 15) is 13.2 Å². The van der Waals surface area contributed by atoms with E-state index >= 15 is 0 Å². The second-order valence-electron chi connectivity index (χ2n) is 6.91. The van der Waals surface area contributed by atoms with Crippen molar-refractivity contribution in [3.05, 3.63) is 112 Å². The van der Waals surface area contributed by atoms with E-state index in [1.165, 1.54) is 12.1 Å². The molecule has 0 unspecified atom stereocenters. The van der Waals surface area contributed by atoms with E-state index in [0.717, 1.165) is 37.6 Å². The van der Waals surface area contributed by atoms with Crippen molar-refractivity contribution in [3.63, 3.8) is 0 Å². The minimum atomic E-state index is -4.37. The van der Waals surface area contributed by atoms with Crippen LogP contribution in [-0.2, 0) is 6.18 Å². The van der Waals surface area contributed by atoms with Crippen LogP contribution >= 0.6 is 31.9 Å². The molecule has 0 saturated carbocycles. The Hall–Kier alpha value is -2.57. The first-order chi connectivity index (χ1) is 14.8. The lowest BCUT2D eigenvalue weighted by Gasteiger charge is -2.26. The number of hydrogen-bond acceptors (Lipinski definition) is 1. The Labute approximate surface area is 195 Å². The zero-order valence-corrected chi connectivity index (χ0v) is 19.2. The average Bonchev–Trinajstić information content (AvgIpc) is 2.77. The van der Waals surface area contributed by atoms with Crippen LogP contribution in [0.15, 0.2) is 106 Å². The van der Waals surface area contributed by atoms with E-state index < -0.39 is 11.7 Å². The topological polar surface area (TPSA) is 3.24 Å².